The van der Waals surface area contributed by atoms with Crippen LogP contribution >= 0.6 is 0 Å². The molecule has 0 heterocycles. The minimum Gasteiger partial charge on any atom is -0.478 e. The molecule has 172 valence electrons. The van der Waals surface area contributed by atoms with Crippen molar-refractivity contribution in [3.8, 4) is 22.6 Å². The minimum absolute atomic E-state index is 0.0479. The standard InChI is InChI=1S/C28H27NO4Si/c1-29(21-16-19(13-14-34(2,3)4)15-20(17-21)27(30)31)28(32)33-18-26-24-11-7-5-9-22(24)23-10-6-8-12-25(23)26/h5-12,15-17,26H,18H2,1-4H3,(H,30,31). The van der Waals surface area contributed by atoms with Crippen molar-refractivity contribution >= 4 is 25.8 Å². The van der Waals surface area contributed by atoms with Crippen LogP contribution in [0.4, 0.5) is 10.5 Å². The van der Waals surface area contributed by atoms with E-state index in [9.17, 15) is 14.7 Å². The summed E-state index contributed by atoms with van der Waals surface area (Å²) in [5, 5.41) is 9.54. The molecule has 0 fully saturated rings. The fraction of sp³-hybridized carbons (Fsp3) is 0.214. The van der Waals surface area contributed by atoms with Gasteiger partial charge in [0.15, 0.2) is 0 Å². The van der Waals surface area contributed by atoms with Crippen LogP contribution in [0.25, 0.3) is 11.1 Å². The predicted molar refractivity (Wildman–Crippen MR) is 137 cm³/mol. The highest BCUT2D eigenvalue weighted by molar-refractivity contribution is 6.83. The molecular formula is C28H27NO4Si. The summed E-state index contributed by atoms with van der Waals surface area (Å²) in [4.78, 5) is 26.0. The number of anilines is 1. The van der Waals surface area contributed by atoms with E-state index in [-0.39, 0.29) is 18.1 Å². The van der Waals surface area contributed by atoms with E-state index in [1.54, 1.807) is 13.1 Å². The van der Waals surface area contributed by atoms with Gasteiger partial charge in [-0.25, -0.2) is 9.59 Å². The van der Waals surface area contributed by atoms with E-state index in [0.29, 0.717) is 11.3 Å². The molecule has 0 saturated heterocycles. The molecule has 1 aliphatic rings. The fourth-order valence-electron chi connectivity index (χ4n) is 4.06. The highest BCUT2D eigenvalue weighted by Crippen LogP contribution is 2.44. The van der Waals surface area contributed by atoms with Crippen LogP contribution in [-0.4, -0.2) is 38.9 Å². The number of hydrogen-bond donors (Lipinski definition) is 1. The van der Waals surface area contributed by atoms with Crippen molar-refractivity contribution in [3.63, 3.8) is 0 Å². The second-order valence-electron chi connectivity index (χ2n) is 9.44. The Bertz CT molecular complexity index is 1280. The van der Waals surface area contributed by atoms with Crippen molar-refractivity contribution in [2.75, 3.05) is 18.6 Å². The number of fused-ring (bicyclic) bond motifs is 3. The molecule has 0 aliphatic heterocycles. The molecule has 34 heavy (non-hydrogen) atoms. The van der Waals surface area contributed by atoms with Gasteiger partial charge >= 0.3 is 12.1 Å². The summed E-state index contributed by atoms with van der Waals surface area (Å²) >= 11 is 0. The number of carbonyl (C=O) groups is 2. The lowest BCUT2D eigenvalue weighted by molar-refractivity contribution is 0.0696. The van der Waals surface area contributed by atoms with Crippen LogP contribution in [0.15, 0.2) is 66.7 Å². The number of carbonyl (C=O) groups excluding carboxylic acids is 1. The number of nitrogens with zero attached hydrogens (tertiary/aromatic N) is 1. The number of rotatable bonds is 4. The Balaban J connectivity index is 1.56. The maximum absolute atomic E-state index is 13.0. The Labute approximate surface area is 201 Å². The van der Waals surface area contributed by atoms with Crippen molar-refractivity contribution in [2.45, 2.75) is 25.6 Å². The molecule has 5 nitrogen and oxygen atoms in total. The Morgan fingerprint density at radius 3 is 2.12 bits per heavy atom. The van der Waals surface area contributed by atoms with Crippen molar-refractivity contribution in [2.24, 2.45) is 0 Å². The fourth-order valence-corrected chi connectivity index (χ4v) is 4.58. The summed E-state index contributed by atoms with van der Waals surface area (Å²) in [5.74, 6) is 1.96. The number of benzene rings is 3. The van der Waals surface area contributed by atoms with Crippen LogP contribution < -0.4 is 4.90 Å². The van der Waals surface area contributed by atoms with Gasteiger partial charge in [-0.2, -0.15) is 0 Å². The van der Waals surface area contributed by atoms with Crippen molar-refractivity contribution in [1.29, 1.82) is 0 Å². The summed E-state index contributed by atoms with van der Waals surface area (Å²) in [7, 11) is -0.0717. The molecule has 0 bridgehead atoms. The maximum atomic E-state index is 13.0. The van der Waals surface area contributed by atoms with Gasteiger partial charge < -0.3 is 9.84 Å². The van der Waals surface area contributed by atoms with Gasteiger partial charge in [0.2, 0.25) is 0 Å². The second kappa shape index (κ2) is 9.20. The van der Waals surface area contributed by atoms with Gasteiger partial charge in [0, 0.05) is 24.2 Å². The van der Waals surface area contributed by atoms with Crippen molar-refractivity contribution < 1.29 is 19.4 Å². The lowest BCUT2D eigenvalue weighted by Gasteiger charge is -2.20. The van der Waals surface area contributed by atoms with Crippen LogP contribution in [0.3, 0.4) is 0 Å². The maximum Gasteiger partial charge on any atom is 0.414 e. The van der Waals surface area contributed by atoms with Gasteiger partial charge in [0.05, 0.1) is 5.56 Å². The SMILES string of the molecule is CN(C(=O)OCC1c2ccccc2-c2ccccc21)c1cc(C#C[Si](C)(C)C)cc(C(=O)O)c1. The number of amides is 1. The molecule has 4 rings (SSSR count). The van der Waals surface area contributed by atoms with E-state index in [1.807, 2.05) is 24.3 Å². The van der Waals surface area contributed by atoms with Crippen molar-refractivity contribution in [3.05, 3.63) is 89.0 Å². The quantitative estimate of drug-likeness (QED) is 0.376. The summed E-state index contributed by atoms with van der Waals surface area (Å²) < 4.78 is 5.72. The zero-order valence-corrected chi connectivity index (χ0v) is 20.8. The van der Waals surface area contributed by atoms with E-state index in [4.69, 9.17) is 4.74 Å². The summed E-state index contributed by atoms with van der Waals surface area (Å²) in [6.07, 6.45) is -0.548. The van der Waals surface area contributed by atoms with Crippen LogP contribution in [-0.2, 0) is 4.74 Å². The molecule has 1 N–H and O–H groups in total. The number of carboxylic acids is 1. The third kappa shape index (κ3) is 4.90. The van der Waals surface area contributed by atoms with Gasteiger partial charge in [-0.05, 0) is 40.5 Å². The molecule has 0 saturated carbocycles. The highest BCUT2D eigenvalue weighted by Gasteiger charge is 2.29. The van der Waals surface area contributed by atoms with E-state index in [1.165, 1.54) is 17.0 Å². The summed E-state index contributed by atoms with van der Waals surface area (Å²) in [6, 6.07) is 21.0. The van der Waals surface area contributed by atoms with Gasteiger partial charge in [0.25, 0.3) is 0 Å². The topological polar surface area (TPSA) is 66.8 Å². The number of carboxylic acid groups (broad SMARTS) is 1. The molecule has 3 aromatic carbocycles. The zero-order valence-electron chi connectivity index (χ0n) is 19.8. The van der Waals surface area contributed by atoms with E-state index in [0.717, 1.165) is 22.3 Å². The first kappa shape index (κ1) is 23.3. The van der Waals surface area contributed by atoms with Crippen LogP contribution in [0.1, 0.15) is 33.0 Å². The lowest BCUT2D eigenvalue weighted by atomic mass is 9.98. The van der Waals surface area contributed by atoms with E-state index >= 15 is 0 Å². The largest absolute Gasteiger partial charge is 0.478 e. The smallest absolute Gasteiger partial charge is 0.414 e. The lowest BCUT2D eigenvalue weighted by Crippen LogP contribution is -2.28. The molecule has 1 aliphatic carbocycles. The van der Waals surface area contributed by atoms with Crippen LogP contribution in [0.5, 0.6) is 0 Å². The average molecular weight is 470 g/mol. The summed E-state index contributed by atoms with van der Waals surface area (Å²) in [6.45, 7) is 6.54. The van der Waals surface area contributed by atoms with Gasteiger partial charge in [0.1, 0.15) is 14.7 Å². The third-order valence-corrected chi connectivity index (χ3v) is 6.62. The molecule has 6 heteroatoms. The predicted octanol–water partition coefficient (Wildman–Crippen LogP) is 6.00. The summed E-state index contributed by atoms with van der Waals surface area (Å²) in [5.41, 5.74) is 8.90. The molecule has 0 spiro atoms. The number of hydrogen-bond acceptors (Lipinski definition) is 3. The average Bonchev–Trinajstić information content (AvgIpc) is 3.14. The molecule has 0 radical (unpaired) electrons. The first-order valence-electron chi connectivity index (χ1n) is 11.1. The monoisotopic (exact) mass is 469 g/mol. The first-order valence-corrected chi connectivity index (χ1v) is 14.6. The molecule has 0 aromatic heterocycles. The molecule has 3 aromatic rings. The van der Waals surface area contributed by atoms with Crippen LogP contribution in [0.2, 0.25) is 19.6 Å². The Kier molecular flexibility index (Phi) is 6.32. The minimum atomic E-state index is -1.65. The Morgan fingerprint density at radius 2 is 1.56 bits per heavy atom. The van der Waals surface area contributed by atoms with E-state index < -0.39 is 20.1 Å². The number of aromatic carboxylic acids is 1. The number of ether oxygens (including phenoxy) is 1. The molecular weight excluding hydrogens is 442 g/mol. The first-order chi connectivity index (χ1) is 16.1. The third-order valence-electron chi connectivity index (χ3n) is 5.74. The van der Waals surface area contributed by atoms with Gasteiger partial charge in [-0.1, -0.05) is 74.1 Å². The highest BCUT2D eigenvalue weighted by atomic mass is 28.3. The van der Waals surface area contributed by atoms with Crippen LogP contribution in [0, 0.1) is 11.5 Å². The Morgan fingerprint density at radius 1 is 0.971 bits per heavy atom. The van der Waals surface area contributed by atoms with Crippen molar-refractivity contribution in [1.82, 2.24) is 0 Å². The van der Waals surface area contributed by atoms with Gasteiger partial charge in [-0.15, -0.1) is 5.54 Å². The molecule has 0 atom stereocenters. The van der Waals surface area contributed by atoms with E-state index in [2.05, 4.69) is 55.4 Å². The zero-order chi connectivity index (χ0) is 24.5. The second-order valence-corrected chi connectivity index (χ2v) is 14.2. The van der Waals surface area contributed by atoms with Gasteiger partial charge in [-0.3, -0.25) is 4.90 Å². The normalized spacial score (nSPS) is 12.2. The molecule has 0 unspecified atom stereocenters. The Hall–Kier alpha value is -3.82. The molecule has 1 amide bonds.